The monoisotopic (exact) mass is 541 g/mol. The summed E-state index contributed by atoms with van der Waals surface area (Å²) in [6.45, 7) is 4.28. The van der Waals surface area contributed by atoms with Gasteiger partial charge in [0.05, 0.1) is 6.54 Å². The van der Waals surface area contributed by atoms with Crippen LogP contribution in [0.3, 0.4) is 0 Å². The van der Waals surface area contributed by atoms with Crippen molar-refractivity contribution in [2.75, 3.05) is 19.6 Å². The summed E-state index contributed by atoms with van der Waals surface area (Å²) < 4.78 is 13.4. The van der Waals surface area contributed by atoms with E-state index < -0.39 is 53.5 Å². The quantitative estimate of drug-likeness (QED) is 0.158. The second-order valence-corrected chi connectivity index (χ2v) is 8.77. The molecule has 0 radical (unpaired) electrons. The van der Waals surface area contributed by atoms with Crippen LogP contribution in [-0.2, 0) is 4.79 Å². The van der Waals surface area contributed by atoms with Crippen LogP contribution in [0.1, 0.15) is 44.0 Å². The number of carbonyl (C=O) groups excluding carboxylic acids is 2. The molecule has 1 aromatic carbocycles. The number of hydrogen-bond donors (Lipinski definition) is 10. The number of halogens is 2. The minimum atomic E-state index is -3.91. The predicted molar refractivity (Wildman–Crippen MR) is 122 cm³/mol. The third-order valence-corrected chi connectivity index (χ3v) is 5.90. The van der Waals surface area contributed by atoms with Gasteiger partial charge in [-0.05, 0) is 51.1 Å². The highest BCUT2D eigenvalue weighted by atomic mass is 35.5. The second kappa shape index (κ2) is 12.0. The summed E-state index contributed by atoms with van der Waals surface area (Å²) in [5, 5.41) is 80.3. The topological polar surface area (TPSA) is 223 Å². The number of rotatable bonds is 8. The molecule has 1 heterocycles. The molecular weight excluding hydrogens is 509 g/mol. The third-order valence-electron chi connectivity index (χ3n) is 5.68. The van der Waals surface area contributed by atoms with Crippen LogP contribution >= 0.6 is 11.6 Å². The standard InChI is InChI=1S/C19H27ClFN3O10.C2H6/c1-16(18(29,30)31,19(32,33)34)22-14(25)9-24-4-2-11(3-5-24)17(27,28)23-15(26)10-6-12(20)8-13(21)7-10;1-2/h6-8,11,27-34H,2-5,9H2,1H3,(H,22,25)(H,23,26);1-2H3. The Hall–Kier alpha value is -1.98. The molecule has 0 aromatic heterocycles. The van der Waals surface area contributed by atoms with Gasteiger partial charge in [-0.15, -0.1) is 0 Å². The van der Waals surface area contributed by atoms with Crippen molar-refractivity contribution in [2.45, 2.75) is 57.0 Å². The lowest BCUT2D eigenvalue weighted by Gasteiger charge is -2.43. The van der Waals surface area contributed by atoms with Crippen molar-refractivity contribution in [2.24, 2.45) is 5.92 Å². The maximum Gasteiger partial charge on any atom is 0.308 e. The van der Waals surface area contributed by atoms with Gasteiger partial charge in [0.15, 0.2) is 0 Å². The number of likely N-dealkylation sites (tertiary alicyclic amines) is 1. The van der Waals surface area contributed by atoms with Gasteiger partial charge in [0.25, 0.3) is 5.91 Å². The Balaban J connectivity index is 0.00000316. The summed E-state index contributed by atoms with van der Waals surface area (Å²) in [5.74, 6) is -14.2. The first-order valence-corrected chi connectivity index (χ1v) is 11.3. The minimum absolute atomic E-state index is 0.0593. The Morgan fingerprint density at radius 3 is 1.92 bits per heavy atom. The largest absolute Gasteiger partial charge is 0.349 e. The first-order chi connectivity index (χ1) is 16.4. The van der Waals surface area contributed by atoms with E-state index in [0.29, 0.717) is 6.92 Å². The minimum Gasteiger partial charge on any atom is -0.349 e. The van der Waals surface area contributed by atoms with Crippen LogP contribution in [0.4, 0.5) is 4.39 Å². The summed E-state index contributed by atoms with van der Waals surface area (Å²) in [4.78, 5) is 26.0. The van der Waals surface area contributed by atoms with E-state index in [4.69, 9.17) is 11.6 Å². The first kappa shape index (κ1) is 32.0. The number of piperidine rings is 1. The lowest BCUT2D eigenvalue weighted by molar-refractivity contribution is -0.448. The molecule has 1 aliphatic rings. The number of aliphatic hydroxyl groups is 8. The Morgan fingerprint density at radius 2 is 1.47 bits per heavy atom. The van der Waals surface area contributed by atoms with Crippen LogP contribution in [0, 0.1) is 11.7 Å². The van der Waals surface area contributed by atoms with Gasteiger partial charge >= 0.3 is 11.9 Å². The smallest absolute Gasteiger partial charge is 0.308 e. The van der Waals surface area contributed by atoms with Gasteiger partial charge in [-0.25, -0.2) is 4.39 Å². The van der Waals surface area contributed by atoms with Crippen molar-refractivity contribution in [3.63, 3.8) is 0 Å². The molecule has 13 nitrogen and oxygen atoms in total. The molecule has 1 aromatic rings. The molecule has 0 aliphatic carbocycles. The maximum atomic E-state index is 13.4. The highest BCUT2D eigenvalue weighted by molar-refractivity contribution is 6.31. The van der Waals surface area contributed by atoms with E-state index in [0.717, 1.165) is 18.2 Å². The summed E-state index contributed by atoms with van der Waals surface area (Å²) in [5.41, 5.74) is -3.33. The van der Waals surface area contributed by atoms with Crippen LogP contribution in [0.5, 0.6) is 0 Å². The van der Waals surface area contributed by atoms with Crippen molar-refractivity contribution >= 4 is 23.4 Å². The molecular formula is C21H33ClFN3O10. The number of nitrogens with one attached hydrogen (secondary N) is 2. The Labute approximate surface area is 211 Å². The van der Waals surface area contributed by atoms with E-state index in [9.17, 15) is 54.8 Å². The molecule has 15 heteroatoms. The van der Waals surface area contributed by atoms with E-state index in [-0.39, 0.29) is 36.5 Å². The van der Waals surface area contributed by atoms with Gasteiger partial charge < -0.3 is 51.5 Å². The van der Waals surface area contributed by atoms with E-state index in [1.807, 2.05) is 19.2 Å². The molecule has 0 unspecified atom stereocenters. The molecule has 0 bridgehead atoms. The normalized spacial score (nSPS) is 16.1. The summed E-state index contributed by atoms with van der Waals surface area (Å²) in [6, 6.07) is 2.98. The van der Waals surface area contributed by atoms with Crippen LogP contribution in [-0.4, -0.2) is 101 Å². The average Bonchev–Trinajstić information content (AvgIpc) is 2.73. The Morgan fingerprint density at radius 1 is 0.972 bits per heavy atom. The first-order valence-electron chi connectivity index (χ1n) is 11.0. The highest BCUT2D eigenvalue weighted by Crippen LogP contribution is 2.28. The SMILES string of the molecule is CC.CC(NC(=O)CN1CCC(C(O)(O)NC(=O)c2cc(F)cc(Cl)c2)CC1)(C(O)(O)O)C(O)(O)O. The molecule has 36 heavy (non-hydrogen) atoms. The van der Waals surface area contributed by atoms with E-state index in [1.165, 1.54) is 4.90 Å². The second-order valence-electron chi connectivity index (χ2n) is 8.33. The van der Waals surface area contributed by atoms with E-state index in [2.05, 4.69) is 0 Å². The van der Waals surface area contributed by atoms with E-state index >= 15 is 0 Å². The molecule has 10 N–H and O–H groups in total. The average molecular weight is 542 g/mol. The van der Waals surface area contributed by atoms with Crippen molar-refractivity contribution in [1.29, 1.82) is 0 Å². The number of nitrogens with zero attached hydrogens (tertiary/aromatic N) is 1. The van der Waals surface area contributed by atoms with Crippen LogP contribution < -0.4 is 10.6 Å². The molecule has 1 fully saturated rings. The van der Waals surface area contributed by atoms with Gasteiger partial charge in [0, 0.05) is 16.5 Å². The van der Waals surface area contributed by atoms with E-state index in [1.54, 1.807) is 5.32 Å². The number of carbonyl (C=O) groups is 2. The van der Waals surface area contributed by atoms with Gasteiger partial charge in [-0.3, -0.25) is 14.5 Å². The summed E-state index contributed by atoms with van der Waals surface area (Å²) in [6.07, 6.45) is 0.130. The number of hydrogen-bond acceptors (Lipinski definition) is 11. The molecule has 2 rings (SSSR count). The fourth-order valence-corrected chi connectivity index (χ4v) is 3.66. The zero-order valence-electron chi connectivity index (χ0n) is 19.9. The van der Waals surface area contributed by atoms with Gasteiger partial charge in [-0.2, -0.15) is 0 Å². The Kier molecular flexibility index (Phi) is 10.7. The fraction of sp³-hybridized carbons (Fsp3) is 0.619. The molecule has 1 aliphatic heterocycles. The predicted octanol–water partition coefficient (Wildman–Crippen LogP) is -2.28. The van der Waals surface area contributed by atoms with Gasteiger partial charge in [-0.1, -0.05) is 25.4 Å². The Bertz CT molecular complexity index is 878. The molecule has 2 amide bonds. The molecule has 0 atom stereocenters. The highest BCUT2D eigenvalue weighted by Gasteiger charge is 2.60. The van der Waals surface area contributed by atoms with Crippen molar-refractivity contribution < 1.29 is 54.8 Å². The van der Waals surface area contributed by atoms with Crippen molar-refractivity contribution in [1.82, 2.24) is 15.5 Å². The maximum absolute atomic E-state index is 13.4. The zero-order valence-corrected chi connectivity index (χ0v) is 20.7. The van der Waals surface area contributed by atoms with Gasteiger partial charge in [0.1, 0.15) is 5.82 Å². The third kappa shape index (κ3) is 8.01. The van der Waals surface area contributed by atoms with Gasteiger partial charge in [0.2, 0.25) is 17.4 Å². The van der Waals surface area contributed by atoms with Crippen molar-refractivity contribution in [3.8, 4) is 0 Å². The van der Waals surface area contributed by atoms with Crippen LogP contribution in [0.25, 0.3) is 0 Å². The summed E-state index contributed by atoms with van der Waals surface area (Å²) in [7, 11) is 0. The summed E-state index contributed by atoms with van der Waals surface area (Å²) >= 11 is 5.70. The molecule has 1 saturated heterocycles. The lowest BCUT2D eigenvalue weighted by atomic mass is 9.92. The molecule has 0 spiro atoms. The fourth-order valence-electron chi connectivity index (χ4n) is 3.43. The zero-order chi connectivity index (χ0) is 28.1. The van der Waals surface area contributed by atoms with Crippen LogP contribution in [0.15, 0.2) is 18.2 Å². The number of benzene rings is 1. The lowest BCUT2D eigenvalue weighted by Crippen LogP contribution is -2.75. The number of amides is 2. The van der Waals surface area contributed by atoms with Crippen molar-refractivity contribution in [3.05, 3.63) is 34.6 Å². The molecule has 206 valence electrons. The molecule has 0 saturated carbocycles. The van der Waals surface area contributed by atoms with Crippen LogP contribution in [0.2, 0.25) is 5.02 Å².